The number of aromatic nitrogens is 2. The van der Waals surface area contributed by atoms with E-state index in [4.69, 9.17) is 4.74 Å². The normalized spacial score (nSPS) is 10.5. The summed E-state index contributed by atoms with van der Waals surface area (Å²) in [4.78, 5) is 21.4. The maximum absolute atomic E-state index is 12.6. The molecular weight excluding hydrogens is 364 g/mol. The zero-order valence-electron chi connectivity index (χ0n) is 15.9. The van der Waals surface area contributed by atoms with Crippen LogP contribution < -0.4 is 15.4 Å². The highest BCUT2D eigenvalue weighted by atomic mass is 16.5. The monoisotopic (exact) mass is 384 g/mol. The number of ether oxygens (including phenoxy) is 1. The Morgan fingerprint density at radius 2 is 1.76 bits per heavy atom. The van der Waals surface area contributed by atoms with E-state index in [1.54, 1.807) is 30.6 Å². The molecule has 2 aromatic carbocycles. The van der Waals surface area contributed by atoms with Crippen molar-refractivity contribution in [1.82, 2.24) is 9.97 Å². The van der Waals surface area contributed by atoms with Crippen LogP contribution in [0.3, 0.4) is 0 Å². The molecule has 0 aliphatic carbocycles. The molecule has 0 aliphatic rings. The van der Waals surface area contributed by atoms with Gasteiger partial charge in [-0.05, 0) is 43.3 Å². The van der Waals surface area contributed by atoms with Crippen molar-refractivity contribution < 1.29 is 9.53 Å². The van der Waals surface area contributed by atoms with E-state index >= 15 is 0 Å². The second-order valence-corrected chi connectivity index (χ2v) is 6.32. The zero-order valence-corrected chi connectivity index (χ0v) is 15.9. The van der Waals surface area contributed by atoms with Crippen molar-refractivity contribution in [2.24, 2.45) is 0 Å². The van der Waals surface area contributed by atoms with Gasteiger partial charge in [0, 0.05) is 17.8 Å². The summed E-state index contributed by atoms with van der Waals surface area (Å²) in [5.41, 5.74) is 2.81. The maximum atomic E-state index is 12.6. The summed E-state index contributed by atoms with van der Waals surface area (Å²) < 4.78 is 5.55. The van der Waals surface area contributed by atoms with E-state index < -0.39 is 0 Å². The molecule has 2 N–H and O–H groups in total. The first-order valence-electron chi connectivity index (χ1n) is 9.34. The summed E-state index contributed by atoms with van der Waals surface area (Å²) in [5, 5.41) is 7.18. The van der Waals surface area contributed by atoms with Crippen LogP contribution in [0.1, 0.15) is 17.3 Å². The van der Waals surface area contributed by atoms with Gasteiger partial charge in [0.05, 0.1) is 29.1 Å². The molecule has 0 atom stereocenters. The van der Waals surface area contributed by atoms with Gasteiger partial charge in [-0.15, -0.1) is 0 Å². The highest BCUT2D eigenvalue weighted by Crippen LogP contribution is 2.25. The van der Waals surface area contributed by atoms with E-state index in [2.05, 4.69) is 20.6 Å². The van der Waals surface area contributed by atoms with Crippen LogP contribution in [0, 0.1) is 0 Å². The Morgan fingerprint density at radius 1 is 0.931 bits per heavy atom. The minimum absolute atomic E-state index is 0.247. The van der Waals surface area contributed by atoms with Crippen molar-refractivity contribution >= 4 is 34.0 Å². The molecule has 4 aromatic rings. The maximum Gasteiger partial charge on any atom is 0.257 e. The summed E-state index contributed by atoms with van der Waals surface area (Å²) in [7, 11) is 0. The number of pyridine rings is 2. The van der Waals surface area contributed by atoms with Crippen LogP contribution in [0.5, 0.6) is 5.75 Å². The second-order valence-electron chi connectivity index (χ2n) is 6.32. The number of hydrogen-bond donors (Lipinski definition) is 2. The number of hydrogen-bond acceptors (Lipinski definition) is 5. The SMILES string of the molecule is CCOc1ccccc1NC(=O)c1ccc(Nc2cccc3cccnc23)nc1. The largest absolute Gasteiger partial charge is 0.492 e. The smallest absolute Gasteiger partial charge is 0.257 e. The second kappa shape index (κ2) is 8.39. The molecule has 6 heteroatoms. The number of carbonyl (C=O) groups excluding carboxylic acids is 1. The van der Waals surface area contributed by atoms with Crippen LogP contribution in [-0.4, -0.2) is 22.5 Å². The molecule has 0 fully saturated rings. The minimum atomic E-state index is -0.247. The molecule has 1 amide bonds. The van der Waals surface area contributed by atoms with E-state index in [9.17, 15) is 4.79 Å². The molecule has 0 saturated heterocycles. The van der Waals surface area contributed by atoms with Crippen molar-refractivity contribution in [1.29, 1.82) is 0 Å². The average molecular weight is 384 g/mol. The van der Waals surface area contributed by atoms with Gasteiger partial charge in [0.2, 0.25) is 0 Å². The third-order valence-corrected chi connectivity index (χ3v) is 4.36. The molecule has 0 spiro atoms. The van der Waals surface area contributed by atoms with Crippen molar-refractivity contribution in [3.63, 3.8) is 0 Å². The van der Waals surface area contributed by atoms with E-state index in [0.29, 0.717) is 29.4 Å². The van der Waals surface area contributed by atoms with E-state index in [-0.39, 0.29) is 5.91 Å². The molecule has 144 valence electrons. The first kappa shape index (κ1) is 18.4. The summed E-state index contributed by atoms with van der Waals surface area (Å²) in [6, 6.07) is 20.7. The average Bonchev–Trinajstić information content (AvgIpc) is 2.76. The third kappa shape index (κ3) is 4.16. The van der Waals surface area contributed by atoms with Crippen LogP contribution >= 0.6 is 0 Å². The van der Waals surface area contributed by atoms with Gasteiger partial charge in [-0.3, -0.25) is 9.78 Å². The number of anilines is 3. The van der Waals surface area contributed by atoms with Gasteiger partial charge in [0.1, 0.15) is 11.6 Å². The zero-order chi connectivity index (χ0) is 20.1. The van der Waals surface area contributed by atoms with Gasteiger partial charge in [0.25, 0.3) is 5.91 Å². The van der Waals surface area contributed by atoms with Crippen LogP contribution in [-0.2, 0) is 0 Å². The Morgan fingerprint density at radius 3 is 2.59 bits per heavy atom. The standard InChI is InChI=1S/C23H20N4O2/c1-2-29-20-11-4-3-9-18(20)27-23(28)17-12-13-21(25-15-17)26-19-10-5-7-16-8-6-14-24-22(16)19/h3-15H,2H2,1H3,(H,25,26)(H,27,28). The van der Waals surface area contributed by atoms with Crippen molar-refractivity contribution in [2.75, 3.05) is 17.2 Å². The highest BCUT2D eigenvalue weighted by Gasteiger charge is 2.11. The van der Waals surface area contributed by atoms with Crippen LogP contribution in [0.2, 0.25) is 0 Å². The first-order chi connectivity index (χ1) is 14.2. The number of carbonyl (C=O) groups is 1. The van der Waals surface area contributed by atoms with E-state index in [1.807, 2.05) is 55.5 Å². The molecule has 0 saturated carbocycles. The fraction of sp³-hybridized carbons (Fsp3) is 0.0870. The van der Waals surface area contributed by atoms with Gasteiger partial charge in [-0.1, -0.05) is 30.3 Å². The van der Waals surface area contributed by atoms with Gasteiger partial charge >= 0.3 is 0 Å². The summed E-state index contributed by atoms with van der Waals surface area (Å²) in [6.45, 7) is 2.43. The molecule has 0 radical (unpaired) electrons. The van der Waals surface area contributed by atoms with Gasteiger partial charge in [0.15, 0.2) is 0 Å². The van der Waals surface area contributed by atoms with Crippen molar-refractivity contribution in [3.8, 4) is 5.75 Å². The minimum Gasteiger partial charge on any atom is -0.492 e. The Bertz CT molecular complexity index is 1140. The Kier molecular flexibility index (Phi) is 5.33. The fourth-order valence-corrected chi connectivity index (χ4v) is 2.99. The van der Waals surface area contributed by atoms with Gasteiger partial charge in [-0.2, -0.15) is 0 Å². The number of fused-ring (bicyclic) bond motifs is 1. The molecule has 2 heterocycles. The number of nitrogens with one attached hydrogen (secondary N) is 2. The summed E-state index contributed by atoms with van der Waals surface area (Å²) in [5.74, 6) is 1.02. The van der Waals surface area contributed by atoms with Crippen LogP contribution in [0.25, 0.3) is 10.9 Å². The van der Waals surface area contributed by atoms with E-state index in [1.165, 1.54) is 0 Å². The predicted octanol–water partition coefficient (Wildman–Crippen LogP) is 5.02. The highest BCUT2D eigenvalue weighted by molar-refractivity contribution is 6.05. The predicted molar refractivity (Wildman–Crippen MR) is 115 cm³/mol. The van der Waals surface area contributed by atoms with Crippen molar-refractivity contribution in [2.45, 2.75) is 6.92 Å². The molecule has 6 nitrogen and oxygen atoms in total. The number of benzene rings is 2. The quantitative estimate of drug-likeness (QED) is 0.488. The van der Waals surface area contributed by atoms with Gasteiger partial charge in [-0.25, -0.2) is 4.98 Å². The van der Waals surface area contributed by atoms with Crippen LogP contribution in [0.4, 0.5) is 17.2 Å². The molecule has 29 heavy (non-hydrogen) atoms. The third-order valence-electron chi connectivity index (χ3n) is 4.36. The molecule has 0 aliphatic heterocycles. The number of para-hydroxylation sites is 3. The number of amides is 1. The Hall–Kier alpha value is -3.93. The molecule has 4 rings (SSSR count). The summed E-state index contributed by atoms with van der Waals surface area (Å²) >= 11 is 0. The number of nitrogens with zero attached hydrogens (tertiary/aromatic N) is 2. The lowest BCUT2D eigenvalue weighted by atomic mass is 10.2. The van der Waals surface area contributed by atoms with E-state index in [0.717, 1.165) is 16.6 Å². The lowest BCUT2D eigenvalue weighted by Gasteiger charge is -2.12. The Balaban J connectivity index is 1.50. The lowest BCUT2D eigenvalue weighted by molar-refractivity contribution is 0.102. The summed E-state index contributed by atoms with van der Waals surface area (Å²) in [6.07, 6.45) is 3.30. The molecule has 0 unspecified atom stereocenters. The Labute approximate surface area is 168 Å². The topological polar surface area (TPSA) is 76.1 Å². The van der Waals surface area contributed by atoms with Crippen molar-refractivity contribution in [3.05, 3.63) is 84.7 Å². The molecule has 2 aromatic heterocycles. The lowest BCUT2D eigenvalue weighted by Crippen LogP contribution is -2.13. The fourth-order valence-electron chi connectivity index (χ4n) is 2.99. The first-order valence-corrected chi connectivity index (χ1v) is 9.34. The number of rotatable bonds is 6. The molecule has 0 bridgehead atoms. The van der Waals surface area contributed by atoms with Crippen LogP contribution in [0.15, 0.2) is 79.1 Å². The van der Waals surface area contributed by atoms with Gasteiger partial charge < -0.3 is 15.4 Å². The molecular formula is C23H20N4O2.